The molecule has 168 valence electrons. The molecule has 0 aliphatic carbocycles. The van der Waals surface area contributed by atoms with Crippen LogP contribution in [0.5, 0.6) is 0 Å². The zero-order chi connectivity index (χ0) is 23.6. The molecule has 3 aromatic carbocycles. The Morgan fingerprint density at radius 3 is 2.24 bits per heavy atom. The summed E-state index contributed by atoms with van der Waals surface area (Å²) in [6.07, 6.45) is 0. The summed E-state index contributed by atoms with van der Waals surface area (Å²) in [4.78, 5) is 35.9. The largest absolute Gasteiger partial charge is 0.478 e. The molecule has 1 aliphatic heterocycles. The van der Waals surface area contributed by atoms with Gasteiger partial charge in [-0.3, -0.25) is 4.79 Å². The Balaban J connectivity index is 1.57. The van der Waals surface area contributed by atoms with Gasteiger partial charge >= 0.3 is 12.0 Å². The van der Waals surface area contributed by atoms with Gasteiger partial charge in [0.15, 0.2) is 0 Å². The molecule has 0 aromatic heterocycles. The summed E-state index contributed by atoms with van der Waals surface area (Å²) in [5.41, 5.74) is 1.58. The number of carboxylic acids is 1. The van der Waals surface area contributed by atoms with E-state index in [9.17, 15) is 22.8 Å². The van der Waals surface area contributed by atoms with Gasteiger partial charge in [-0.1, -0.05) is 42.5 Å². The first-order valence-corrected chi connectivity index (χ1v) is 11.3. The van der Waals surface area contributed by atoms with Crippen LogP contribution < -0.4 is 10.6 Å². The van der Waals surface area contributed by atoms with Crippen molar-refractivity contribution in [3.05, 3.63) is 95.1 Å². The molecule has 3 N–H and O–H groups in total. The molecule has 1 aliphatic rings. The number of amides is 3. The maximum atomic E-state index is 13.2. The molecule has 0 unspecified atom stereocenters. The van der Waals surface area contributed by atoms with E-state index in [-0.39, 0.29) is 34.8 Å². The van der Waals surface area contributed by atoms with Crippen LogP contribution in [0.4, 0.5) is 10.5 Å². The second kappa shape index (κ2) is 8.75. The average Bonchev–Trinajstić information content (AvgIpc) is 2.81. The Bertz CT molecular complexity index is 1340. The maximum absolute atomic E-state index is 13.2. The minimum Gasteiger partial charge on any atom is -0.478 e. The molecule has 4 rings (SSSR count). The number of hydrogen-bond donors (Lipinski definition) is 3. The molecule has 33 heavy (non-hydrogen) atoms. The molecule has 0 saturated carbocycles. The minimum absolute atomic E-state index is 0.0428. The van der Waals surface area contributed by atoms with Crippen molar-refractivity contribution < 1.29 is 27.9 Å². The number of carbonyl (C=O) groups excluding carboxylic acids is 2. The van der Waals surface area contributed by atoms with E-state index in [1.807, 2.05) is 30.3 Å². The normalized spacial score (nSPS) is 14.2. The van der Waals surface area contributed by atoms with Gasteiger partial charge in [0.25, 0.3) is 15.9 Å². The number of nitrogens with zero attached hydrogens (tertiary/aromatic N) is 1. The van der Waals surface area contributed by atoms with E-state index in [4.69, 9.17) is 5.11 Å². The number of aromatic carboxylic acids is 1. The van der Waals surface area contributed by atoms with Crippen molar-refractivity contribution >= 4 is 33.6 Å². The lowest BCUT2D eigenvalue weighted by atomic mass is 10.1. The van der Waals surface area contributed by atoms with Crippen LogP contribution >= 0.6 is 0 Å². The van der Waals surface area contributed by atoms with Gasteiger partial charge in [-0.25, -0.2) is 22.3 Å². The third kappa shape index (κ3) is 4.55. The van der Waals surface area contributed by atoms with E-state index >= 15 is 0 Å². The van der Waals surface area contributed by atoms with Crippen molar-refractivity contribution in [1.82, 2.24) is 9.62 Å². The first kappa shape index (κ1) is 22.0. The average molecular weight is 465 g/mol. The SMILES string of the molecule is O=C(O)c1ccc(CN2C(=O)Nc3ccc(C(=O)NCc4ccccc4)cc3S2(=O)=O)cc1. The molecular weight excluding hydrogens is 446 g/mol. The third-order valence-electron chi connectivity index (χ3n) is 5.10. The molecule has 1 heterocycles. The third-order valence-corrected chi connectivity index (χ3v) is 6.87. The smallest absolute Gasteiger partial charge is 0.336 e. The second-order valence-electron chi connectivity index (χ2n) is 7.32. The fraction of sp³-hybridized carbons (Fsp3) is 0.0870. The molecule has 0 radical (unpaired) electrons. The standard InChI is InChI=1S/C23H19N3O6S/c27-21(24-13-15-4-2-1-3-5-15)18-10-11-19-20(12-18)33(31,32)26(23(30)25-19)14-16-6-8-17(9-7-16)22(28)29/h1-12H,13-14H2,(H,24,27)(H,25,30)(H,28,29). The highest BCUT2D eigenvalue weighted by molar-refractivity contribution is 7.90. The maximum Gasteiger partial charge on any atom is 0.336 e. The number of rotatable bonds is 6. The Morgan fingerprint density at radius 1 is 0.909 bits per heavy atom. The molecule has 10 heteroatoms. The molecule has 3 aromatic rings. The van der Waals surface area contributed by atoms with Crippen LogP contribution in [0.25, 0.3) is 0 Å². The van der Waals surface area contributed by atoms with Gasteiger partial charge in [0.2, 0.25) is 0 Å². The van der Waals surface area contributed by atoms with Crippen molar-refractivity contribution in [3.8, 4) is 0 Å². The fourth-order valence-electron chi connectivity index (χ4n) is 3.34. The summed E-state index contributed by atoms with van der Waals surface area (Å²) in [6, 6.07) is 18.0. The molecule has 0 atom stereocenters. The van der Waals surface area contributed by atoms with E-state index in [1.54, 1.807) is 0 Å². The highest BCUT2D eigenvalue weighted by Gasteiger charge is 2.37. The number of hydrogen-bond acceptors (Lipinski definition) is 5. The monoisotopic (exact) mass is 465 g/mol. The van der Waals surface area contributed by atoms with Crippen LogP contribution in [-0.2, 0) is 23.1 Å². The number of fused-ring (bicyclic) bond motifs is 1. The first-order chi connectivity index (χ1) is 15.8. The number of urea groups is 1. The first-order valence-electron chi connectivity index (χ1n) is 9.88. The van der Waals surface area contributed by atoms with Crippen LogP contribution in [-0.4, -0.2) is 35.7 Å². The summed E-state index contributed by atoms with van der Waals surface area (Å²) < 4.78 is 27.0. The van der Waals surface area contributed by atoms with E-state index < -0.39 is 27.9 Å². The Hall–Kier alpha value is -4.18. The van der Waals surface area contributed by atoms with Gasteiger partial charge in [-0.05, 0) is 41.5 Å². The molecule has 0 spiro atoms. The van der Waals surface area contributed by atoms with E-state index in [0.717, 1.165) is 5.56 Å². The van der Waals surface area contributed by atoms with Gasteiger partial charge in [0.1, 0.15) is 4.90 Å². The molecule has 9 nitrogen and oxygen atoms in total. The van der Waals surface area contributed by atoms with Crippen molar-refractivity contribution in [3.63, 3.8) is 0 Å². The Labute approximate surface area is 189 Å². The number of carbonyl (C=O) groups is 3. The molecule has 0 fully saturated rings. The lowest BCUT2D eigenvalue weighted by Gasteiger charge is -2.29. The number of benzene rings is 3. The van der Waals surface area contributed by atoms with E-state index in [0.29, 0.717) is 9.87 Å². The zero-order valence-corrected chi connectivity index (χ0v) is 18.0. The van der Waals surface area contributed by atoms with Crippen LogP contribution in [0.3, 0.4) is 0 Å². The Kier molecular flexibility index (Phi) is 5.84. The van der Waals surface area contributed by atoms with Gasteiger partial charge < -0.3 is 15.7 Å². The summed E-state index contributed by atoms with van der Waals surface area (Å²) in [5, 5.41) is 14.3. The zero-order valence-electron chi connectivity index (χ0n) is 17.2. The molecule has 3 amide bonds. The quantitative estimate of drug-likeness (QED) is 0.513. The van der Waals surface area contributed by atoms with Crippen molar-refractivity contribution in [2.24, 2.45) is 0 Å². The minimum atomic E-state index is -4.25. The molecular formula is C23H19N3O6S. The van der Waals surface area contributed by atoms with Gasteiger partial charge in [0.05, 0.1) is 17.8 Å². The Morgan fingerprint density at radius 2 is 1.58 bits per heavy atom. The second-order valence-corrected chi connectivity index (χ2v) is 9.15. The highest BCUT2D eigenvalue weighted by atomic mass is 32.2. The number of carboxylic acid groups (broad SMARTS) is 1. The summed E-state index contributed by atoms with van der Waals surface area (Å²) in [7, 11) is -4.25. The van der Waals surface area contributed by atoms with Gasteiger partial charge in [-0.15, -0.1) is 0 Å². The van der Waals surface area contributed by atoms with Crippen molar-refractivity contribution in [1.29, 1.82) is 0 Å². The molecule has 0 bridgehead atoms. The van der Waals surface area contributed by atoms with E-state index in [2.05, 4.69) is 10.6 Å². The highest BCUT2D eigenvalue weighted by Crippen LogP contribution is 2.32. The lowest BCUT2D eigenvalue weighted by molar-refractivity contribution is 0.0696. The topological polar surface area (TPSA) is 133 Å². The summed E-state index contributed by atoms with van der Waals surface area (Å²) >= 11 is 0. The molecule has 0 saturated heterocycles. The van der Waals surface area contributed by atoms with Crippen molar-refractivity contribution in [2.45, 2.75) is 18.0 Å². The van der Waals surface area contributed by atoms with Gasteiger partial charge in [-0.2, -0.15) is 0 Å². The predicted octanol–water partition coefficient (Wildman–Crippen LogP) is 3.05. The van der Waals surface area contributed by atoms with Crippen LogP contribution in [0, 0.1) is 0 Å². The predicted molar refractivity (Wildman–Crippen MR) is 119 cm³/mol. The number of sulfonamides is 1. The lowest BCUT2D eigenvalue weighted by Crippen LogP contribution is -2.43. The van der Waals surface area contributed by atoms with E-state index in [1.165, 1.54) is 42.5 Å². The number of nitrogens with one attached hydrogen (secondary N) is 2. The van der Waals surface area contributed by atoms with Crippen LogP contribution in [0.1, 0.15) is 31.8 Å². The number of anilines is 1. The summed E-state index contributed by atoms with van der Waals surface area (Å²) in [5.74, 6) is -1.57. The van der Waals surface area contributed by atoms with Gasteiger partial charge in [0, 0.05) is 12.1 Å². The van der Waals surface area contributed by atoms with Crippen LogP contribution in [0.15, 0.2) is 77.7 Å². The van der Waals surface area contributed by atoms with Crippen molar-refractivity contribution in [2.75, 3.05) is 5.32 Å². The summed E-state index contributed by atoms with van der Waals surface area (Å²) in [6.45, 7) is -0.0172. The van der Waals surface area contributed by atoms with Crippen LogP contribution in [0.2, 0.25) is 0 Å². The fourth-order valence-corrected chi connectivity index (χ4v) is 4.83.